The zero-order valence-corrected chi connectivity index (χ0v) is 29.0. The molecule has 1 fully saturated rings. The van der Waals surface area contributed by atoms with Crippen molar-refractivity contribution in [3.63, 3.8) is 0 Å². The number of hydrogen-bond donors (Lipinski definition) is 0. The Kier molecular flexibility index (Phi) is 11.8. The van der Waals surface area contributed by atoms with Gasteiger partial charge < -0.3 is 23.4 Å². The number of pyridine rings is 1. The Balaban J connectivity index is 1.41. The van der Waals surface area contributed by atoms with Crippen LogP contribution in [-0.4, -0.2) is 66.8 Å². The number of benzene rings is 3. The van der Waals surface area contributed by atoms with E-state index in [9.17, 15) is 28.5 Å². The van der Waals surface area contributed by atoms with Crippen LogP contribution in [0, 0.1) is 21.7 Å². The maximum atomic E-state index is 14.1. The summed E-state index contributed by atoms with van der Waals surface area (Å²) < 4.78 is 42.3. The second-order valence-electron chi connectivity index (χ2n) is 13.2. The summed E-state index contributed by atoms with van der Waals surface area (Å²) in [6.07, 6.45) is 10.7. The monoisotopic (exact) mass is 691 g/mol. The Morgan fingerprint density at radius 2 is 1.64 bits per heavy atom. The number of anilines is 1. The molecule has 50 heavy (non-hydrogen) atoms. The predicted molar refractivity (Wildman–Crippen MR) is 190 cm³/mol. The van der Waals surface area contributed by atoms with Crippen molar-refractivity contribution < 1.29 is 32.5 Å². The second kappa shape index (κ2) is 16.2. The summed E-state index contributed by atoms with van der Waals surface area (Å²) in [7, 11) is 3.75. The SMILES string of the molecule is CCN(C(=O)c1cn(-c2cc(OC)cc([N+](=O)[O-])c2)c2cc(OCCCCCCC[N+]3(C)CCCCC3)ccc2c1=O)c1cc(F)cc(F)c1. The van der Waals surface area contributed by atoms with E-state index in [1.807, 2.05) is 0 Å². The first-order valence-corrected chi connectivity index (χ1v) is 17.3. The Bertz CT molecular complexity index is 1890. The number of quaternary nitrogens is 1. The average Bonchev–Trinajstić information content (AvgIpc) is 3.09. The Morgan fingerprint density at radius 1 is 0.940 bits per heavy atom. The van der Waals surface area contributed by atoms with Crippen LogP contribution >= 0.6 is 0 Å². The molecule has 4 aromatic rings. The Hall–Kier alpha value is -4.84. The molecule has 0 spiro atoms. The lowest BCUT2D eigenvalue weighted by atomic mass is 10.1. The Labute approximate surface area is 290 Å². The zero-order chi connectivity index (χ0) is 35.8. The number of rotatable bonds is 15. The number of carbonyl (C=O) groups excluding carboxylic acids is 1. The highest BCUT2D eigenvalue weighted by atomic mass is 19.1. The number of amides is 1. The van der Waals surface area contributed by atoms with E-state index in [1.54, 1.807) is 31.2 Å². The fraction of sp³-hybridized carbons (Fsp3) is 0.421. The number of nitro benzene ring substituents is 1. The molecule has 1 aliphatic heterocycles. The van der Waals surface area contributed by atoms with E-state index in [4.69, 9.17) is 9.47 Å². The molecule has 0 atom stereocenters. The lowest BCUT2D eigenvalue weighted by Crippen LogP contribution is -2.48. The van der Waals surface area contributed by atoms with Crippen LogP contribution in [0.2, 0.25) is 0 Å². The van der Waals surface area contributed by atoms with Crippen LogP contribution in [0.1, 0.15) is 68.6 Å². The lowest BCUT2D eigenvalue weighted by molar-refractivity contribution is -0.914. The third-order valence-corrected chi connectivity index (χ3v) is 9.53. The minimum Gasteiger partial charge on any atom is -0.496 e. The van der Waals surface area contributed by atoms with Crippen LogP contribution in [0.15, 0.2) is 65.6 Å². The predicted octanol–water partition coefficient (Wildman–Crippen LogP) is 7.81. The molecule has 2 heterocycles. The molecular formula is C38H45F2N4O6+. The number of nitro groups is 1. The number of likely N-dealkylation sites (tertiary alicyclic amines) is 1. The Morgan fingerprint density at radius 3 is 2.32 bits per heavy atom. The number of methoxy groups -OCH3 is 1. The number of nitrogens with zero attached hydrogens (tertiary/aromatic N) is 4. The molecule has 1 amide bonds. The minimum absolute atomic E-state index is 0.00914. The highest BCUT2D eigenvalue weighted by Crippen LogP contribution is 2.30. The van der Waals surface area contributed by atoms with Gasteiger partial charge in [-0.3, -0.25) is 19.7 Å². The van der Waals surface area contributed by atoms with Crippen molar-refractivity contribution >= 4 is 28.2 Å². The molecule has 10 nitrogen and oxygen atoms in total. The molecule has 0 saturated carbocycles. The van der Waals surface area contributed by atoms with E-state index < -0.39 is 27.9 Å². The molecule has 3 aromatic carbocycles. The number of halogens is 2. The van der Waals surface area contributed by atoms with Crippen molar-refractivity contribution in [2.24, 2.45) is 0 Å². The summed E-state index contributed by atoms with van der Waals surface area (Å²) in [5, 5.41) is 12.0. The standard InChI is InChI=1S/C38H45F2N4O6/c1-4-41(29-20-27(39)19-28(40)21-29)38(46)35-26-42(30-22-31(43(47)48)24-33(23-30)49-3)36-25-32(13-14-34(36)37(35)45)50-18-12-7-5-6-9-15-44(2)16-10-8-11-17-44/h13-14,19-26H,4-12,15-18H2,1-3H3/q+1. The number of fused-ring (bicyclic) bond motifs is 1. The van der Waals surface area contributed by atoms with Crippen LogP contribution in [-0.2, 0) is 0 Å². The third-order valence-electron chi connectivity index (χ3n) is 9.53. The van der Waals surface area contributed by atoms with Crippen molar-refractivity contribution in [1.29, 1.82) is 0 Å². The van der Waals surface area contributed by atoms with Gasteiger partial charge in [-0.25, -0.2) is 8.78 Å². The molecule has 5 rings (SSSR count). The first kappa shape index (κ1) is 36.4. The van der Waals surface area contributed by atoms with Gasteiger partial charge in [0.1, 0.15) is 28.7 Å². The molecule has 266 valence electrons. The first-order chi connectivity index (χ1) is 24.0. The van der Waals surface area contributed by atoms with Crippen LogP contribution in [0.3, 0.4) is 0 Å². The molecule has 1 aliphatic rings. The number of carbonyl (C=O) groups is 1. The number of ether oxygens (including phenoxy) is 2. The van der Waals surface area contributed by atoms with E-state index in [0.29, 0.717) is 23.9 Å². The van der Waals surface area contributed by atoms with Crippen molar-refractivity contribution in [2.45, 2.75) is 58.3 Å². The summed E-state index contributed by atoms with van der Waals surface area (Å²) >= 11 is 0. The molecule has 0 bridgehead atoms. The normalized spacial score (nSPS) is 14.0. The molecule has 1 saturated heterocycles. The van der Waals surface area contributed by atoms with E-state index in [2.05, 4.69) is 7.05 Å². The van der Waals surface area contributed by atoms with Gasteiger partial charge in [-0.05, 0) is 69.7 Å². The number of piperidine rings is 1. The van der Waals surface area contributed by atoms with E-state index >= 15 is 0 Å². The number of aromatic nitrogens is 1. The van der Waals surface area contributed by atoms with Crippen LogP contribution in [0.25, 0.3) is 16.6 Å². The molecule has 0 aliphatic carbocycles. The smallest absolute Gasteiger partial charge is 0.275 e. The quantitative estimate of drug-likeness (QED) is 0.0545. The van der Waals surface area contributed by atoms with E-state index in [0.717, 1.165) is 36.3 Å². The minimum atomic E-state index is -0.873. The first-order valence-electron chi connectivity index (χ1n) is 17.3. The number of hydrogen-bond acceptors (Lipinski definition) is 6. The zero-order valence-electron chi connectivity index (χ0n) is 29.0. The molecule has 1 aromatic heterocycles. The van der Waals surface area contributed by atoms with E-state index in [1.165, 1.54) is 86.2 Å². The maximum absolute atomic E-state index is 14.1. The van der Waals surface area contributed by atoms with Crippen molar-refractivity contribution in [3.8, 4) is 17.2 Å². The van der Waals surface area contributed by atoms with Crippen LogP contribution in [0.4, 0.5) is 20.2 Å². The van der Waals surface area contributed by atoms with Gasteiger partial charge in [0.2, 0.25) is 5.43 Å². The van der Waals surface area contributed by atoms with Gasteiger partial charge in [0, 0.05) is 48.1 Å². The lowest BCUT2D eigenvalue weighted by Gasteiger charge is -2.37. The van der Waals surface area contributed by atoms with Gasteiger partial charge in [0.25, 0.3) is 11.6 Å². The fourth-order valence-corrected chi connectivity index (χ4v) is 6.79. The van der Waals surface area contributed by atoms with Gasteiger partial charge in [0.05, 0.1) is 62.6 Å². The average molecular weight is 692 g/mol. The van der Waals surface area contributed by atoms with Gasteiger partial charge in [0.15, 0.2) is 0 Å². The fourth-order valence-electron chi connectivity index (χ4n) is 6.79. The maximum Gasteiger partial charge on any atom is 0.275 e. The molecule has 0 N–H and O–H groups in total. The summed E-state index contributed by atoms with van der Waals surface area (Å²) in [6.45, 7) is 5.90. The summed E-state index contributed by atoms with van der Waals surface area (Å²) in [5.41, 5.74) is -0.613. The summed E-state index contributed by atoms with van der Waals surface area (Å²) in [5.74, 6) is -1.85. The molecular weight excluding hydrogens is 646 g/mol. The van der Waals surface area contributed by atoms with E-state index in [-0.39, 0.29) is 40.3 Å². The molecule has 12 heteroatoms. The second-order valence-corrected chi connectivity index (χ2v) is 13.2. The van der Waals surface area contributed by atoms with Gasteiger partial charge in [-0.2, -0.15) is 0 Å². The van der Waals surface area contributed by atoms with Crippen molar-refractivity contribution in [1.82, 2.24) is 4.57 Å². The number of unbranched alkanes of at least 4 members (excludes halogenated alkanes) is 4. The van der Waals surface area contributed by atoms with Gasteiger partial charge in [-0.15, -0.1) is 0 Å². The van der Waals surface area contributed by atoms with Gasteiger partial charge >= 0.3 is 0 Å². The largest absolute Gasteiger partial charge is 0.496 e. The van der Waals surface area contributed by atoms with Crippen molar-refractivity contribution in [3.05, 3.63) is 98.3 Å². The topological polar surface area (TPSA) is 104 Å². The highest BCUT2D eigenvalue weighted by Gasteiger charge is 2.25. The van der Waals surface area contributed by atoms with Crippen LogP contribution in [0.5, 0.6) is 11.5 Å². The van der Waals surface area contributed by atoms with Gasteiger partial charge in [-0.1, -0.05) is 12.8 Å². The summed E-state index contributed by atoms with van der Waals surface area (Å²) in [4.78, 5) is 40.1. The highest BCUT2D eigenvalue weighted by molar-refractivity contribution is 6.07. The molecule has 0 radical (unpaired) electrons. The molecule has 0 unspecified atom stereocenters. The third kappa shape index (κ3) is 8.65. The summed E-state index contributed by atoms with van der Waals surface area (Å²) in [6, 6.07) is 11.7. The van der Waals surface area contributed by atoms with Crippen molar-refractivity contribution in [2.75, 3.05) is 51.8 Å². The van der Waals surface area contributed by atoms with Crippen LogP contribution < -0.4 is 19.8 Å². The number of non-ortho nitro benzene ring substituents is 1.